The highest BCUT2D eigenvalue weighted by Gasteiger charge is 2.15. The third-order valence-electron chi connectivity index (χ3n) is 3.20. The summed E-state index contributed by atoms with van der Waals surface area (Å²) in [6.07, 6.45) is 0.0686. The van der Waals surface area contributed by atoms with Gasteiger partial charge in [0.2, 0.25) is 5.91 Å². The van der Waals surface area contributed by atoms with Crippen molar-refractivity contribution in [3.05, 3.63) is 54.6 Å². The number of rotatable bonds is 7. The summed E-state index contributed by atoms with van der Waals surface area (Å²) in [5, 5.41) is 2.97. The van der Waals surface area contributed by atoms with Crippen molar-refractivity contribution in [1.29, 1.82) is 0 Å². The summed E-state index contributed by atoms with van der Waals surface area (Å²) in [7, 11) is 0. The second kappa shape index (κ2) is 8.63. The molecule has 1 atom stereocenters. The van der Waals surface area contributed by atoms with Crippen LogP contribution in [-0.4, -0.2) is 17.8 Å². The topological polar surface area (TPSA) is 38.3 Å². The van der Waals surface area contributed by atoms with E-state index >= 15 is 0 Å². The number of amides is 1. The van der Waals surface area contributed by atoms with Crippen LogP contribution in [0.3, 0.4) is 0 Å². The highest BCUT2D eigenvalue weighted by atomic mass is 32.2. The SMILES string of the molecule is CC(C)Oc1ccccc1NC(=O)C(C)CSc1ccccc1. The summed E-state index contributed by atoms with van der Waals surface area (Å²) in [6.45, 7) is 5.88. The van der Waals surface area contributed by atoms with Crippen LogP contribution in [-0.2, 0) is 4.79 Å². The first-order valence-corrected chi connectivity index (χ1v) is 8.79. The zero-order valence-corrected chi connectivity index (χ0v) is 14.6. The van der Waals surface area contributed by atoms with Crippen LogP contribution < -0.4 is 10.1 Å². The highest BCUT2D eigenvalue weighted by molar-refractivity contribution is 7.99. The predicted octanol–water partition coefficient (Wildman–Crippen LogP) is 4.84. The Labute approximate surface area is 142 Å². The fourth-order valence-corrected chi connectivity index (χ4v) is 2.94. The number of hydrogen-bond acceptors (Lipinski definition) is 3. The molecule has 1 N–H and O–H groups in total. The summed E-state index contributed by atoms with van der Waals surface area (Å²) in [4.78, 5) is 13.6. The number of para-hydroxylation sites is 2. The fraction of sp³-hybridized carbons (Fsp3) is 0.316. The van der Waals surface area contributed by atoms with Crippen LogP contribution in [0, 0.1) is 5.92 Å². The molecule has 1 unspecified atom stereocenters. The van der Waals surface area contributed by atoms with Gasteiger partial charge in [-0.1, -0.05) is 37.3 Å². The van der Waals surface area contributed by atoms with Gasteiger partial charge in [-0.25, -0.2) is 0 Å². The monoisotopic (exact) mass is 329 g/mol. The number of carbonyl (C=O) groups is 1. The molecule has 1 amide bonds. The van der Waals surface area contributed by atoms with Gasteiger partial charge in [0.05, 0.1) is 11.8 Å². The molecule has 2 aromatic carbocycles. The molecule has 0 saturated heterocycles. The lowest BCUT2D eigenvalue weighted by atomic mass is 10.2. The smallest absolute Gasteiger partial charge is 0.228 e. The van der Waals surface area contributed by atoms with Crippen molar-refractivity contribution in [3.8, 4) is 5.75 Å². The van der Waals surface area contributed by atoms with Crippen molar-refractivity contribution in [1.82, 2.24) is 0 Å². The molecule has 0 saturated carbocycles. The molecule has 0 spiro atoms. The molecule has 0 aromatic heterocycles. The van der Waals surface area contributed by atoms with Crippen molar-refractivity contribution < 1.29 is 9.53 Å². The lowest BCUT2D eigenvalue weighted by Gasteiger charge is -2.16. The Bertz CT molecular complexity index is 628. The van der Waals surface area contributed by atoms with Crippen molar-refractivity contribution in [2.75, 3.05) is 11.1 Å². The maximum absolute atomic E-state index is 12.4. The van der Waals surface area contributed by atoms with Crippen LogP contribution in [0.5, 0.6) is 5.75 Å². The molecule has 122 valence electrons. The maximum Gasteiger partial charge on any atom is 0.228 e. The molecular weight excluding hydrogens is 306 g/mol. The first-order valence-electron chi connectivity index (χ1n) is 7.80. The molecule has 23 heavy (non-hydrogen) atoms. The quantitative estimate of drug-likeness (QED) is 0.739. The summed E-state index contributed by atoms with van der Waals surface area (Å²) >= 11 is 1.69. The van der Waals surface area contributed by atoms with Gasteiger partial charge in [0.1, 0.15) is 5.75 Å². The van der Waals surface area contributed by atoms with Crippen LogP contribution in [0.2, 0.25) is 0 Å². The number of ether oxygens (including phenoxy) is 1. The van der Waals surface area contributed by atoms with E-state index in [1.165, 1.54) is 4.90 Å². The largest absolute Gasteiger partial charge is 0.489 e. The lowest BCUT2D eigenvalue weighted by molar-refractivity contribution is -0.118. The molecule has 2 rings (SSSR count). The zero-order valence-electron chi connectivity index (χ0n) is 13.8. The van der Waals surface area contributed by atoms with E-state index in [0.29, 0.717) is 5.75 Å². The van der Waals surface area contributed by atoms with E-state index in [1.807, 2.05) is 63.2 Å². The van der Waals surface area contributed by atoms with Gasteiger partial charge in [0.25, 0.3) is 0 Å². The Hall–Kier alpha value is -1.94. The number of carbonyl (C=O) groups excluding carboxylic acids is 1. The molecule has 0 fully saturated rings. The molecular formula is C19H23NO2S. The Morgan fingerprint density at radius 1 is 1.04 bits per heavy atom. The highest BCUT2D eigenvalue weighted by Crippen LogP contribution is 2.26. The van der Waals surface area contributed by atoms with Gasteiger partial charge in [0.15, 0.2) is 0 Å². The second-order valence-electron chi connectivity index (χ2n) is 5.68. The van der Waals surface area contributed by atoms with Crippen molar-refractivity contribution in [2.24, 2.45) is 5.92 Å². The number of nitrogens with one attached hydrogen (secondary N) is 1. The molecule has 0 radical (unpaired) electrons. The van der Waals surface area contributed by atoms with Gasteiger partial charge in [-0.3, -0.25) is 4.79 Å². The molecule has 0 aliphatic carbocycles. The van der Waals surface area contributed by atoms with Crippen LogP contribution in [0.25, 0.3) is 0 Å². The number of hydrogen-bond donors (Lipinski definition) is 1. The number of thioether (sulfide) groups is 1. The van der Waals surface area contributed by atoms with E-state index < -0.39 is 0 Å². The summed E-state index contributed by atoms with van der Waals surface area (Å²) in [5.41, 5.74) is 0.725. The van der Waals surface area contributed by atoms with E-state index in [4.69, 9.17) is 4.74 Å². The van der Waals surface area contributed by atoms with E-state index in [2.05, 4.69) is 17.4 Å². The summed E-state index contributed by atoms with van der Waals surface area (Å²) in [6, 6.07) is 17.7. The van der Waals surface area contributed by atoms with E-state index in [-0.39, 0.29) is 17.9 Å². The van der Waals surface area contributed by atoms with Crippen LogP contribution >= 0.6 is 11.8 Å². The number of anilines is 1. The van der Waals surface area contributed by atoms with E-state index in [0.717, 1.165) is 11.4 Å². The molecule has 2 aromatic rings. The molecule has 0 aliphatic heterocycles. The van der Waals surface area contributed by atoms with Gasteiger partial charge >= 0.3 is 0 Å². The fourth-order valence-electron chi connectivity index (χ4n) is 2.00. The average molecular weight is 329 g/mol. The summed E-state index contributed by atoms with van der Waals surface area (Å²) < 4.78 is 5.74. The maximum atomic E-state index is 12.4. The molecule has 0 aliphatic rings. The van der Waals surface area contributed by atoms with E-state index in [1.54, 1.807) is 11.8 Å². The van der Waals surface area contributed by atoms with Gasteiger partial charge in [0, 0.05) is 16.6 Å². The molecule has 4 heteroatoms. The minimum Gasteiger partial charge on any atom is -0.489 e. The van der Waals surface area contributed by atoms with Gasteiger partial charge in [-0.2, -0.15) is 0 Å². The van der Waals surface area contributed by atoms with Crippen LogP contribution in [0.15, 0.2) is 59.5 Å². The van der Waals surface area contributed by atoms with Gasteiger partial charge in [-0.05, 0) is 38.1 Å². The third-order valence-corrected chi connectivity index (χ3v) is 4.47. The minimum absolute atomic E-state index is 0.00763. The summed E-state index contributed by atoms with van der Waals surface area (Å²) in [5.74, 6) is 1.36. The van der Waals surface area contributed by atoms with Crippen molar-refractivity contribution in [3.63, 3.8) is 0 Å². The van der Waals surface area contributed by atoms with Crippen molar-refractivity contribution in [2.45, 2.75) is 31.8 Å². The molecule has 3 nitrogen and oxygen atoms in total. The minimum atomic E-state index is -0.0905. The first-order chi connectivity index (χ1) is 11.1. The normalized spacial score (nSPS) is 12.0. The standard InChI is InChI=1S/C19H23NO2S/c1-14(2)22-18-12-8-7-11-17(18)20-19(21)15(3)13-23-16-9-5-4-6-10-16/h4-12,14-15H,13H2,1-3H3,(H,20,21). The van der Waals surface area contributed by atoms with Gasteiger partial charge < -0.3 is 10.1 Å². The first kappa shape index (κ1) is 17.4. The molecule has 0 heterocycles. The Balaban J connectivity index is 1.93. The Morgan fingerprint density at radius 2 is 1.70 bits per heavy atom. The van der Waals surface area contributed by atoms with Crippen LogP contribution in [0.1, 0.15) is 20.8 Å². The lowest BCUT2D eigenvalue weighted by Crippen LogP contribution is -2.22. The molecule has 0 bridgehead atoms. The van der Waals surface area contributed by atoms with E-state index in [9.17, 15) is 4.79 Å². The second-order valence-corrected chi connectivity index (χ2v) is 6.77. The van der Waals surface area contributed by atoms with Gasteiger partial charge in [-0.15, -0.1) is 11.8 Å². The third kappa shape index (κ3) is 5.64. The zero-order chi connectivity index (χ0) is 16.7. The number of benzene rings is 2. The van der Waals surface area contributed by atoms with Crippen LogP contribution in [0.4, 0.5) is 5.69 Å². The van der Waals surface area contributed by atoms with Crippen molar-refractivity contribution >= 4 is 23.4 Å². The Kier molecular flexibility index (Phi) is 6.53. The Morgan fingerprint density at radius 3 is 2.39 bits per heavy atom. The average Bonchev–Trinajstić information content (AvgIpc) is 2.55. The predicted molar refractivity (Wildman–Crippen MR) is 97.2 cm³/mol.